The van der Waals surface area contributed by atoms with Crippen LogP contribution in [0.25, 0.3) is 0 Å². The van der Waals surface area contributed by atoms with Crippen LogP contribution in [0.5, 0.6) is 0 Å². The van der Waals surface area contributed by atoms with Gasteiger partial charge in [0, 0.05) is 0 Å². The molecule has 1 aromatic rings. The number of hydrogen-bond donors (Lipinski definition) is 2. The maximum Gasteiger partial charge on any atom is 0.216 e. The van der Waals surface area contributed by atoms with Crippen LogP contribution in [-0.2, 0) is 15.8 Å². The van der Waals surface area contributed by atoms with Gasteiger partial charge in [0.05, 0.1) is 16.8 Å². The molecule has 0 bridgehead atoms. The summed E-state index contributed by atoms with van der Waals surface area (Å²) in [6.07, 6.45) is 0. The Hall–Kier alpha value is -0.980. The zero-order valence-electron chi connectivity index (χ0n) is 10.5. The van der Waals surface area contributed by atoms with Gasteiger partial charge in [-0.05, 0) is 11.5 Å². The van der Waals surface area contributed by atoms with Crippen LogP contribution in [0.2, 0.25) is 0 Å². The second-order valence-electron chi connectivity index (χ2n) is 4.49. The van der Waals surface area contributed by atoms with E-state index in [4.69, 9.17) is 18.0 Å². The highest BCUT2D eigenvalue weighted by atomic mass is 32.2. The average molecular weight is 286 g/mol. The number of nitrogens with one attached hydrogen (secondary N) is 1. The van der Waals surface area contributed by atoms with Crippen molar-refractivity contribution in [3.8, 4) is 0 Å². The molecule has 0 radical (unpaired) electrons. The van der Waals surface area contributed by atoms with Gasteiger partial charge in [-0.2, -0.15) is 0 Å². The van der Waals surface area contributed by atoms with E-state index in [9.17, 15) is 8.42 Å². The maximum absolute atomic E-state index is 12.0. The third kappa shape index (κ3) is 4.72. The Bertz CT molecular complexity index is 498. The fourth-order valence-electron chi connectivity index (χ4n) is 1.55. The molecule has 18 heavy (non-hydrogen) atoms. The minimum atomic E-state index is -3.44. The number of nitrogens with two attached hydrogens (primary N) is 1. The number of sulfonamides is 1. The smallest absolute Gasteiger partial charge is 0.216 e. The highest BCUT2D eigenvalue weighted by Crippen LogP contribution is 2.08. The van der Waals surface area contributed by atoms with Crippen molar-refractivity contribution in [2.24, 2.45) is 11.7 Å². The summed E-state index contributed by atoms with van der Waals surface area (Å²) >= 11 is 4.88. The Kier molecular flexibility index (Phi) is 5.25. The van der Waals surface area contributed by atoms with Crippen LogP contribution in [0, 0.1) is 5.92 Å². The van der Waals surface area contributed by atoms with E-state index in [1.807, 2.05) is 19.9 Å². The van der Waals surface area contributed by atoms with Crippen molar-refractivity contribution in [1.29, 1.82) is 0 Å². The first-order valence-electron chi connectivity index (χ1n) is 5.65. The molecule has 0 saturated heterocycles. The fraction of sp³-hybridized carbons (Fsp3) is 0.417. The van der Waals surface area contributed by atoms with E-state index in [0.717, 1.165) is 5.56 Å². The van der Waals surface area contributed by atoms with E-state index in [0.29, 0.717) is 0 Å². The summed E-state index contributed by atoms with van der Waals surface area (Å²) < 4.78 is 26.5. The van der Waals surface area contributed by atoms with Crippen LogP contribution in [-0.4, -0.2) is 19.4 Å². The van der Waals surface area contributed by atoms with Crippen LogP contribution in [0.15, 0.2) is 30.3 Å². The molecule has 4 nitrogen and oxygen atoms in total. The third-order valence-electron chi connectivity index (χ3n) is 2.48. The second-order valence-corrected chi connectivity index (χ2v) is 6.71. The monoisotopic (exact) mass is 286 g/mol. The Morgan fingerprint density at radius 3 is 2.33 bits per heavy atom. The Balaban J connectivity index is 2.79. The molecule has 1 aromatic carbocycles. The normalized spacial score (nSPS) is 13.5. The average Bonchev–Trinajstić information content (AvgIpc) is 2.26. The molecule has 0 amide bonds. The number of rotatable bonds is 6. The van der Waals surface area contributed by atoms with Gasteiger partial charge in [-0.3, -0.25) is 0 Å². The summed E-state index contributed by atoms with van der Waals surface area (Å²) in [6, 6.07) is 8.48. The summed E-state index contributed by atoms with van der Waals surface area (Å²) in [7, 11) is -3.44. The molecule has 0 aliphatic carbocycles. The van der Waals surface area contributed by atoms with E-state index in [1.165, 1.54) is 0 Å². The minimum Gasteiger partial charge on any atom is -0.392 e. The van der Waals surface area contributed by atoms with Crippen molar-refractivity contribution < 1.29 is 8.42 Å². The van der Waals surface area contributed by atoms with E-state index < -0.39 is 16.1 Å². The highest BCUT2D eigenvalue weighted by molar-refractivity contribution is 7.88. The van der Waals surface area contributed by atoms with Gasteiger partial charge in [0.2, 0.25) is 10.0 Å². The summed E-state index contributed by atoms with van der Waals surface area (Å²) in [5, 5.41) is 0. The molecule has 1 atom stereocenters. The zero-order chi connectivity index (χ0) is 13.8. The van der Waals surface area contributed by atoms with E-state index in [2.05, 4.69) is 4.72 Å². The molecule has 0 aliphatic heterocycles. The summed E-state index contributed by atoms with van der Waals surface area (Å²) in [6.45, 7) is 3.74. The van der Waals surface area contributed by atoms with E-state index in [-0.39, 0.29) is 16.7 Å². The van der Waals surface area contributed by atoms with Crippen LogP contribution >= 0.6 is 12.2 Å². The van der Waals surface area contributed by atoms with Crippen LogP contribution in [0.3, 0.4) is 0 Å². The van der Waals surface area contributed by atoms with Gasteiger partial charge in [-0.15, -0.1) is 0 Å². The lowest BCUT2D eigenvalue weighted by molar-refractivity contribution is 0.526. The lowest BCUT2D eigenvalue weighted by Gasteiger charge is -2.20. The van der Waals surface area contributed by atoms with Crippen LogP contribution in [0.1, 0.15) is 19.4 Å². The van der Waals surface area contributed by atoms with Gasteiger partial charge < -0.3 is 5.73 Å². The Morgan fingerprint density at radius 2 is 1.89 bits per heavy atom. The molecule has 0 saturated carbocycles. The molecule has 0 aromatic heterocycles. The molecule has 0 aliphatic rings. The van der Waals surface area contributed by atoms with Crippen molar-refractivity contribution in [2.45, 2.75) is 25.6 Å². The molecule has 3 N–H and O–H groups in total. The van der Waals surface area contributed by atoms with Gasteiger partial charge >= 0.3 is 0 Å². The molecule has 1 unspecified atom stereocenters. The molecular weight excluding hydrogens is 268 g/mol. The van der Waals surface area contributed by atoms with Crippen molar-refractivity contribution in [3.05, 3.63) is 35.9 Å². The lowest BCUT2D eigenvalue weighted by atomic mass is 10.1. The van der Waals surface area contributed by atoms with E-state index >= 15 is 0 Å². The predicted octanol–water partition coefficient (Wildman–Crippen LogP) is 1.42. The SMILES string of the molecule is CC(C)C(NS(=O)(=O)Cc1ccccc1)C(N)=S. The zero-order valence-corrected chi connectivity index (χ0v) is 12.1. The summed E-state index contributed by atoms with van der Waals surface area (Å²) in [5.41, 5.74) is 6.27. The molecule has 0 spiro atoms. The topological polar surface area (TPSA) is 72.2 Å². The summed E-state index contributed by atoms with van der Waals surface area (Å²) in [5.74, 6) is -0.0484. The number of hydrogen-bond acceptors (Lipinski definition) is 3. The lowest BCUT2D eigenvalue weighted by Crippen LogP contribution is -2.47. The van der Waals surface area contributed by atoms with Crippen molar-refractivity contribution in [1.82, 2.24) is 4.72 Å². The van der Waals surface area contributed by atoms with Gasteiger partial charge in [0.25, 0.3) is 0 Å². The standard InChI is InChI=1S/C12H18N2O2S2/c1-9(2)11(12(13)17)14-18(15,16)8-10-6-4-3-5-7-10/h3-7,9,11,14H,8H2,1-2H3,(H2,13,17). The third-order valence-corrected chi connectivity index (χ3v) is 4.06. The van der Waals surface area contributed by atoms with Crippen LogP contribution in [0.4, 0.5) is 0 Å². The molecule has 0 fully saturated rings. The Labute approximate surface area is 114 Å². The predicted molar refractivity (Wildman–Crippen MR) is 77.6 cm³/mol. The van der Waals surface area contributed by atoms with Gasteiger partial charge in [0.15, 0.2) is 0 Å². The Morgan fingerprint density at radius 1 is 1.33 bits per heavy atom. The minimum absolute atomic E-state index is 0.0213. The van der Waals surface area contributed by atoms with Crippen LogP contribution < -0.4 is 10.5 Å². The second kappa shape index (κ2) is 6.26. The summed E-state index contributed by atoms with van der Waals surface area (Å²) in [4.78, 5) is 0.168. The highest BCUT2D eigenvalue weighted by Gasteiger charge is 2.23. The first-order valence-corrected chi connectivity index (χ1v) is 7.71. The van der Waals surface area contributed by atoms with Gasteiger partial charge in [-0.25, -0.2) is 13.1 Å². The quantitative estimate of drug-likeness (QED) is 0.776. The first kappa shape index (κ1) is 15.1. The maximum atomic E-state index is 12.0. The number of benzene rings is 1. The molecule has 100 valence electrons. The molecular formula is C12H18N2O2S2. The number of thiocarbonyl (C=S) groups is 1. The largest absolute Gasteiger partial charge is 0.392 e. The molecule has 0 heterocycles. The van der Waals surface area contributed by atoms with Crippen molar-refractivity contribution in [2.75, 3.05) is 0 Å². The molecule has 6 heteroatoms. The van der Waals surface area contributed by atoms with Crippen molar-refractivity contribution in [3.63, 3.8) is 0 Å². The molecule has 1 rings (SSSR count). The van der Waals surface area contributed by atoms with Gasteiger partial charge in [-0.1, -0.05) is 56.4 Å². The van der Waals surface area contributed by atoms with Crippen molar-refractivity contribution >= 4 is 27.2 Å². The first-order chi connectivity index (χ1) is 8.32. The fourth-order valence-corrected chi connectivity index (χ4v) is 3.46. The van der Waals surface area contributed by atoms with E-state index in [1.54, 1.807) is 24.3 Å². The van der Waals surface area contributed by atoms with Gasteiger partial charge in [0.1, 0.15) is 0 Å².